The number of anilines is 1. The lowest BCUT2D eigenvalue weighted by atomic mass is 10.1. The van der Waals surface area contributed by atoms with E-state index < -0.39 is 0 Å². The third-order valence-corrected chi connectivity index (χ3v) is 2.86. The lowest BCUT2D eigenvalue weighted by Gasteiger charge is -2.17. The Kier molecular flexibility index (Phi) is 4.01. The van der Waals surface area contributed by atoms with Gasteiger partial charge < -0.3 is 15.4 Å². The summed E-state index contributed by atoms with van der Waals surface area (Å²) in [5.41, 5.74) is 6.70. The van der Waals surface area contributed by atoms with Crippen molar-refractivity contribution in [2.24, 2.45) is 5.92 Å². The van der Waals surface area contributed by atoms with Crippen LogP contribution in [-0.2, 0) is 0 Å². The van der Waals surface area contributed by atoms with Crippen molar-refractivity contribution in [1.29, 1.82) is 0 Å². The highest BCUT2D eigenvalue weighted by Gasteiger charge is 2.23. The molecule has 1 aliphatic rings. The average Bonchev–Trinajstić information content (AvgIpc) is 2.75. The van der Waals surface area contributed by atoms with Gasteiger partial charge in [-0.2, -0.15) is 0 Å². The number of nitrogens with one attached hydrogen (secondary N) is 4. The second-order valence-corrected chi connectivity index (χ2v) is 4.31. The van der Waals surface area contributed by atoms with E-state index in [4.69, 9.17) is 4.74 Å². The molecule has 2 rings (SSSR count). The molecule has 2 atom stereocenters. The van der Waals surface area contributed by atoms with Gasteiger partial charge >= 0.3 is 6.03 Å². The number of carbonyl (C=O) groups is 1. The van der Waals surface area contributed by atoms with Gasteiger partial charge in [-0.3, -0.25) is 5.43 Å². The molecule has 0 aromatic heterocycles. The van der Waals surface area contributed by atoms with Crippen LogP contribution in [0, 0.1) is 5.92 Å². The van der Waals surface area contributed by atoms with Crippen molar-refractivity contribution >= 4 is 11.7 Å². The molecule has 98 valence electrons. The Labute approximate surface area is 106 Å². The van der Waals surface area contributed by atoms with Crippen LogP contribution in [0.25, 0.3) is 0 Å². The Balaban J connectivity index is 1.90. The summed E-state index contributed by atoms with van der Waals surface area (Å²) < 4.78 is 5.09. The first-order valence-corrected chi connectivity index (χ1v) is 5.89. The number of hydrogen-bond acceptors (Lipinski definition) is 4. The zero-order valence-electron chi connectivity index (χ0n) is 10.5. The van der Waals surface area contributed by atoms with E-state index in [0.29, 0.717) is 17.4 Å². The van der Waals surface area contributed by atoms with Crippen LogP contribution in [0.3, 0.4) is 0 Å². The summed E-state index contributed by atoms with van der Waals surface area (Å²) in [5, 5.41) is 5.62. The van der Waals surface area contributed by atoms with Gasteiger partial charge in [-0.05, 0) is 12.1 Å². The van der Waals surface area contributed by atoms with Gasteiger partial charge in [0.25, 0.3) is 0 Å². The molecule has 0 bridgehead atoms. The highest BCUT2D eigenvalue weighted by atomic mass is 16.5. The summed E-state index contributed by atoms with van der Waals surface area (Å²) in [4.78, 5) is 11.8. The normalized spacial score (nSPS) is 22.6. The van der Waals surface area contributed by atoms with Crippen molar-refractivity contribution in [3.8, 4) is 5.75 Å². The van der Waals surface area contributed by atoms with Gasteiger partial charge in [0.1, 0.15) is 5.75 Å². The molecular weight excluding hydrogens is 232 g/mol. The first-order valence-electron chi connectivity index (χ1n) is 5.89. The molecule has 6 nitrogen and oxygen atoms in total. The molecule has 2 amide bonds. The fourth-order valence-electron chi connectivity index (χ4n) is 1.78. The molecule has 1 saturated heterocycles. The fourth-order valence-corrected chi connectivity index (χ4v) is 1.78. The van der Waals surface area contributed by atoms with Crippen LogP contribution in [0.1, 0.15) is 6.92 Å². The average molecular weight is 250 g/mol. The maximum Gasteiger partial charge on any atom is 0.320 e. The summed E-state index contributed by atoms with van der Waals surface area (Å²) in [7, 11) is 1.59. The number of carbonyl (C=O) groups excluding carboxylic acids is 1. The maximum atomic E-state index is 11.8. The predicted octanol–water partition coefficient (Wildman–Crippen LogP) is 0.887. The molecule has 2 unspecified atom stereocenters. The van der Waals surface area contributed by atoms with Gasteiger partial charge in [-0.25, -0.2) is 10.2 Å². The van der Waals surface area contributed by atoms with Crippen molar-refractivity contribution in [1.82, 2.24) is 16.2 Å². The van der Waals surface area contributed by atoms with Crippen LogP contribution in [0.4, 0.5) is 10.5 Å². The highest BCUT2D eigenvalue weighted by molar-refractivity contribution is 5.89. The zero-order valence-corrected chi connectivity index (χ0v) is 10.5. The third-order valence-electron chi connectivity index (χ3n) is 2.86. The van der Waals surface area contributed by atoms with E-state index in [-0.39, 0.29) is 12.2 Å². The maximum absolute atomic E-state index is 11.8. The van der Waals surface area contributed by atoms with E-state index in [2.05, 4.69) is 28.4 Å². The van der Waals surface area contributed by atoms with Gasteiger partial charge in [-0.1, -0.05) is 13.0 Å². The highest BCUT2D eigenvalue weighted by Crippen LogP contribution is 2.16. The lowest BCUT2D eigenvalue weighted by Crippen LogP contribution is -2.48. The van der Waals surface area contributed by atoms with E-state index in [9.17, 15) is 4.79 Å². The third kappa shape index (κ3) is 3.12. The summed E-state index contributed by atoms with van der Waals surface area (Å²) >= 11 is 0. The number of amides is 2. The molecule has 0 radical (unpaired) electrons. The van der Waals surface area contributed by atoms with Crippen LogP contribution in [0.15, 0.2) is 24.3 Å². The lowest BCUT2D eigenvalue weighted by molar-refractivity contribution is 0.244. The number of urea groups is 1. The number of hydrogen-bond donors (Lipinski definition) is 4. The van der Waals surface area contributed by atoms with Crippen molar-refractivity contribution in [3.05, 3.63) is 24.3 Å². The Morgan fingerprint density at radius 2 is 2.33 bits per heavy atom. The Morgan fingerprint density at radius 1 is 1.50 bits per heavy atom. The van der Waals surface area contributed by atoms with Gasteiger partial charge in [0, 0.05) is 24.2 Å². The SMILES string of the molecule is COc1cccc(NC(=O)NC2NNCC2C)c1. The number of ether oxygens (including phenoxy) is 1. The predicted molar refractivity (Wildman–Crippen MR) is 69.2 cm³/mol. The van der Waals surface area contributed by atoms with Crippen LogP contribution in [0.5, 0.6) is 5.75 Å². The molecule has 0 aliphatic carbocycles. The molecule has 1 aromatic carbocycles. The van der Waals surface area contributed by atoms with Crippen molar-refractivity contribution in [3.63, 3.8) is 0 Å². The first kappa shape index (κ1) is 12.7. The molecule has 1 heterocycles. The van der Waals surface area contributed by atoms with Crippen LogP contribution < -0.4 is 26.2 Å². The second kappa shape index (κ2) is 5.70. The Hall–Kier alpha value is -1.79. The van der Waals surface area contributed by atoms with Gasteiger partial charge in [-0.15, -0.1) is 0 Å². The first-order chi connectivity index (χ1) is 8.69. The van der Waals surface area contributed by atoms with Gasteiger partial charge in [0.05, 0.1) is 13.3 Å². The second-order valence-electron chi connectivity index (χ2n) is 4.31. The van der Waals surface area contributed by atoms with Crippen LogP contribution in [0.2, 0.25) is 0 Å². The van der Waals surface area contributed by atoms with E-state index in [0.717, 1.165) is 6.54 Å². The molecule has 1 aromatic rings. The molecule has 6 heteroatoms. The molecule has 0 saturated carbocycles. The minimum atomic E-state index is -0.240. The van der Waals surface area contributed by atoms with E-state index in [1.54, 1.807) is 13.2 Å². The summed E-state index contributed by atoms with van der Waals surface area (Å²) in [6.45, 7) is 2.90. The Bertz CT molecular complexity index is 424. The summed E-state index contributed by atoms with van der Waals surface area (Å²) in [5.74, 6) is 1.06. The van der Waals surface area contributed by atoms with Crippen LogP contribution in [-0.4, -0.2) is 25.9 Å². The quantitative estimate of drug-likeness (QED) is 0.642. The number of rotatable bonds is 3. The van der Waals surface area contributed by atoms with Crippen molar-refractivity contribution < 1.29 is 9.53 Å². The monoisotopic (exact) mass is 250 g/mol. The van der Waals surface area contributed by atoms with E-state index in [1.165, 1.54) is 0 Å². The largest absolute Gasteiger partial charge is 0.497 e. The Morgan fingerprint density at radius 3 is 3.00 bits per heavy atom. The number of benzene rings is 1. The van der Waals surface area contributed by atoms with Crippen LogP contribution >= 0.6 is 0 Å². The molecule has 1 aliphatic heterocycles. The summed E-state index contributed by atoms with van der Waals surface area (Å²) in [6.07, 6.45) is -0.0596. The molecule has 0 spiro atoms. The van der Waals surface area contributed by atoms with Gasteiger partial charge in [0.2, 0.25) is 0 Å². The fraction of sp³-hybridized carbons (Fsp3) is 0.417. The van der Waals surface area contributed by atoms with E-state index >= 15 is 0 Å². The van der Waals surface area contributed by atoms with E-state index in [1.807, 2.05) is 18.2 Å². The standard InChI is InChI=1S/C12H18N4O2/c1-8-7-13-16-11(8)15-12(17)14-9-4-3-5-10(6-9)18-2/h3-6,8,11,13,16H,7H2,1-2H3,(H2,14,15,17). The number of methoxy groups -OCH3 is 1. The van der Waals surface area contributed by atoms with Crippen molar-refractivity contribution in [2.45, 2.75) is 13.1 Å². The zero-order chi connectivity index (χ0) is 13.0. The smallest absolute Gasteiger partial charge is 0.320 e. The molecular formula is C12H18N4O2. The minimum Gasteiger partial charge on any atom is -0.497 e. The molecule has 1 fully saturated rings. The number of hydrazine groups is 1. The van der Waals surface area contributed by atoms with Crippen molar-refractivity contribution in [2.75, 3.05) is 19.0 Å². The molecule has 4 N–H and O–H groups in total. The topological polar surface area (TPSA) is 74.4 Å². The van der Waals surface area contributed by atoms with Gasteiger partial charge in [0.15, 0.2) is 0 Å². The minimum absolute atomic E-state index is 0.0596. The summed E-state index contributed by atoms with van der Waals surface area (Å²) in [6, 6.07) is 6.99. The molecule has 18 heavy (non-hydrogen) atoms.